The lowest BCUT2D eigenvalue weighted by molar-refractivity contribution is -0.115. The quantitative estimate of drug-likeness (QED) is 0.773. The van der Waals surface area contributed by atoms with Crippen molar-refractivity contribution in [2.24, 2.45) is 0 Å². The lowest BCUT2D eigenvalue weighted by Gasteiger charge is -2.05. The van der Waals surface area contributed by atoms with Crippen molar-refractivity contribution < 1.29 is 4.79 Å². The van der Waals surface area contributed by atoms with E-state index in [9.17, 15) is 4.79 Å². The molecular weight excluding hydrogens is 278 g/mol. The number of aryl methyl sites for hydroxylation is 1. The standard InChI is InChI=1S/C16H15N5O/c1-11-18-16(21-20-11)13-4-6-14(7-5-13)19-15(22)9-12-3-2-8-17-10-12/h2-8,10H,9H2,1H3,(H,19,22)(H,18,20,21). The molecule has 3 rings (SSSR count). The highest BCUT2D eigenvalue weighted by atomic mass is 16.1. The lowest BCUT2D eigenvalue weighted by Crippen LogP contribution is -2.14. The van der Waals surface area contributed by atoms with Crippen LogP contribution in [0.15, 0.2) is 48.8 Å². The maximum Gasteiger partial charge on any atom is 0.228 e. The van der Waals surface area contributed by atoms with Crippen LogP contribution < -0.4 is 5.32 Å². The van der Waals surface area contributed by atoms with Gasteiger partial charge in [-0.15, -0.1) is 0 Å². The topological polar surface area (TPSA) is 83.6 Å². The number of carbonyl (C=O) groups excluding carboxylic acids is 1. The number of anilines is 1. The highest BCUT2D eigenvalue weighted by Crippen LogP contribution is 2.18. The van der Waals surface area contributed by atoms with Crippen molar-refractivity contribution in [1.82, 2.24) is 20.2 Å². The Morgan fingerprint density at radius 3 is 2.68 bits per heavy atom. The first-order valence-electron chi connectivity index (χ1n) is 6.89. The summed E-state index contributed by atoms with van der Waals surface area (Å²) in [5, 5.41) is 9.77. The number of nitrogens with one attached hydrogen (secondary N) is 2. The third kappa shape index (κ3) is 3.35. The minimum Gasteiger partial charge on any atom is -0.326 e. The molecule has 1 amide bonds. The molecule has 0 aliphatic rings. The Morgan fingerprint density at radius 1 is 1.23 bits per heavy atom. The van der Waals surface area contributed by atoms with Crippen molar-refractivity contribution in [3.8, 4) is 11.4 Å². The Labute approximate surface area is 127 Å². The molecule has 110 valence electrons. The van der Waals surface area contributed by atoms with Gasteiger partial charge in [0.2, 0.25) is 5.91 Å². The molecule has 6 heteroatoms. The van der Waals surface area contributed by atoms with E-state index in [1.54, 1.807) is 12.4 Å². The van der Waals surface area contributed by atoms with Crippen LogP contribution in [-0.4, -0.2) is 26.1 Å². The van der Waals surface area contributed by atoms with Gasteiger partial charge in [-0.3, -0.25) is 14.9 Å². The molecule has 2 heterocycles. The van der Waals surface area contributed by atoms with E-state index >= 15 is 0 Å². The Morgan fingerprint density at radius 2 is 2.05 bits per heavy atom. The first-order chi connectivity index (χ1) is 10.7. The van der Waals surface area contributed by atoms with Gasteiger partial charge < -0.3 is 5.32 Å². The molecule has 0 saturated heterocycles. The molecule has 0 spiro atoms. The van der Waals surface area contributed by atoms with E-state index in [2.05, 4.69) is 25.5 Å². The predicted molar refractivity (Wildman–Crippen MR) is 83.1 cm³/mol. The van der Waals surface area contributed by atoms with Gasteiger partial charge in [0.15, 0.2) is 5.82 Å². The van der Waals surface area contributed by atoms with E-state index in [0.717, 1.165) is 22.6 Å². The minimum atomic E-state index is -0.0745. The monoisotopic (exact) mass is 293 g/mol. The summed E-state index contributed by atoms with van der Waals surface area (Å²) >= 11 is 0. The Balaban J connectivity index is 1.65. The van der Waals surface area contributed by atoms with Crippen LogP contribution >= 0.6 is 0 Å². The van der Waals surface area contributed by atoms with E-state index in [1.807, 2.05) is 43.3 Å². The van der Waals surface area contributed by atoms with Crippen LogP contribution in [0.1, 0.15) is 11.4 Å². The fourth-order valence-electron chi connectivity index (χ4n) is 2.07. The molecule has 0 aliphatic heterocycles. The summed E-state index contributed by atoms with van der Waals surface area (Å²) in [4.78, 5) is 20.2. The summed E-state index contributed by atoms with van der Waals surface area (Å²) in [7, 11) is 0. The third-order valence-corrected chi connectivity index (χ3v) is 3.11. The molecular formula is C16H15N5O. The molecule has 2 aromatic heterocycles. The summed E-state index contributed by atoms with van der Waals surface area (Å²) in [5.74, 6) is 1.34. The minimum absolute atomic E-state index is 0.0745. The molecule has 0 aliphatic carbocycles. The molecule has 22 heavy (non-hydrogen) atoms. The summed E-state index contributed by atoms with van der Waals surface area (Å²) in [6.07, 6.45) is 3.68. The van der Waals surface area contributed by atoms with Crippen molar-refractivity contribution in [1.29, 1.82) is 0 Å². The highest BCUT2D eigenvalue weighted by molar-refractivity contribution is 5.92. The van der Waals surface area contributed by atoms with Crippen molar-refractivity contribution in [3.05, 3.63) is 60.2 Å². The predicted octanol–water partition coefficient (Wildman–Crippen LogP) is 2.36. The second-order valence-electron chi connectivity index (χ2n) is 4.91. The van der Waals surface area contributed by atoms with Crippen LogP contribution in [0, 0.1) is 6.92 Å². The van der Waals surface area contributed by atoms with E-state index in [1.165, 1.54) is 0 Å². The Hall–Kier alpha value is -3.02. The van der Waals surface area contributed by atoms with Gasteiger partial charge in [0.05, 0.1) is 6.42 Å². The molecule has 0 unspecified atom stereocenters. The van der Waals surface area contributed by atoms with E-state index in [0.29, 0.717) is 12.2 Å². The van der Waals surface area contributed by atoms with Gasteiger partial charge in [0.25, 0.3) is 0 Å². The van der Waals surface area contributed by atoms with Crippen LogP contribution in [0.4, 0.5) is 5.69 Å². The zero-order chi connectivity index (χ0) is 15.4. The number of aromatic nitrogens is 4. The smallest absolute Gasteiger partial charge is 0.228 e. The second-order valence-corrected chi connectivity index (χ2v) is 4.91. The lowest BCUT2D eigenvalue weighted by atomic mass is 10.1. The molecule has 0 bridgehead atoms. The van der Waals surface area contributed by atoms with Crippen LogP contribution in [0.25, 0.3) is 11.4 Å². The van der Waals surface area contributed by atoms with Crippen molar-refractivity contribution in [2.45, 2.75) is 13.3 Å². The van der Waals surface area contributed by atoms with E-state index < -0.39 is 0 Å². The molecule has 0 saturated carbocycles. The largest absolute Gasteiger partial charge is 0.326 e. The molecule has 2 N–H and O–H groups in total. The molecule has 1 aromatic carbocycles. The van der Waals surface area contributed by atoms with E-state index in [-0.39, 0.29) is 5.91 Å². The number of pyridine rings is 1. The first-order valence-corrected chi connectivity index (χ1v) is 6.89. The third-order valence-electron chi connectivity index (χ3n) is 3.11. The van der Waals surface area contributed by atoms with Crippen LogP contribution in [0.3, 0.4) is 0 Å². The summed E-state index contributed by atoms with van der Waals surface area (Å²) in [6, 6.07) is 11.1. The van der Waals surface area contributed by atoms with Crippen molar-refractivity contribution in [3.63, 3.8) is 0 Å². The summed E-state index contributed by atoms with van der Waals surface area (Å²) in [5.41, 5.74) is 2.52. The van der Waals surface area contributed by atoms with Gasteiger partial charge >= 0.3 is 0 Å². The van der Waals surface area contributed by atoms with Gasteiger partial charge in [0.1, 0.15) is 5.82 Å². The van der Waals surface area contributed by atoms with Crippen LogP contribution in [-0.2, 0) is 11.2 Å². The molecule has 0 fully saturated rings. The maximum absolute atomic E-state index is 12.0. The molecule has 6 nitrogen and oxygen atoms in total. The summed E-state index contributed by atoms with van der Waals surface area (Å²) in [6.45, 7) is 1.85. The van der Waals surface area contributed by atoms with Crippen molar-refractivity contribution >= 4 is 11.6 Å². The number of amides is 1. The number of hydrogen-bond acceptors (Lipinski definition) is 4. The number of rotatable bonds is 4. The van der Waals surface area contributed by atoms with E-state index in [4.69, 9.17) is 0 Å². The number of carbonyl (C=O) groups is 1. The SMILES string of the molecule is Cc1nc(-c2ccc(NC(=O)Cc3cccnc3)cc2)n[nH]1. The number of nitrogens with zero attached hydrogens (tertiary/aromatic N) is 3. The number of H-pyrrole nitrogens is 1. The van der Waals surface area contributed by atoms with Gasteiger partial charge in [-0.1, -0.05) is 6.07 Å². The zero-order valence-electron chi connectivity index (χ0n) is 12.1. The zero-order valence-corrected chi connectivity index (χ0v) is 12.1. The van der Waals surface area contributed by atoms with Crippen molar-refractivity contribution in [2.75, 3.05) is 5.32 Å². The fourth-order valence-corrected chi connectivity index (χ4v) is 2.07. The molecule has 3 aromatic rings. The summed E-state index contributed by atoms with van der Waals surface area (Å²) < 4.78 is 0. The van der Waals surface area contributed by atoms with Crippen LogP contribution in [0.5, 0.6) is 0 Å². The fraction of sp³-hybridized carbons (Fsp3) is 0.125. The maximum atomic E-state index is 12.0. The molecule has 0 radical (unpaired) electrons. The average molecular weight is 293 g/mol. The number of aromatic amines is 1. The normalized spacial score (nSPS) is 10.4. The Kier molecular flexibility index (Phi) is 3.91. The second kappa shape index (κ2) is 6.17. The Bertz CT molecular complexity index is 765. The van der Waals surface area contributed by atoms with Gasteiger partial charge in [-0.25, -0.2) is 4.98 Å². The first kappa shape index (κ1) is 13.9. The van der Waals surface area contributed by atoms with Crippen LogP contribution in [0.2, 0.25) is 0 Å². The average Bonchev–Trinajstić information content (AvgIpc) is 2.95. The van der Waals surface area contributed by atoms with Gasteiger partial charge in [0, 0.05) is 23.6 Å². The number of benzene rings is 1. The number of hydrogen-bond donors (Lipinski definition) is 2. The van der Waals surface area contributed by atoms with Gasteiger partial charge in [-0.05, 0) is 42.8 Å². The molecule has 0 atom stereocenters. The highest BCUT2D eigenvalue weighted by Gasteiger charge is 2.06. The van der Waals surface area contributed by atoms with Gasteiger partial charge in [-0.2, -0.15) is 5.10 Å².